The number of amides is 1. The number of nitrogens with zero attached hydrogens (tertiary/aromatic N) is 1. The first-order valence-corrected chi connectivity index (χ1v) is 8.17. The molecule has 0 radical (unpaired) electrons. The highest BCUT2D eigenvalue weighted by atomic mass is 19.4. The first-order chi connectivity index (χ1) is 12.4. The number of hydrogen-bond acceptors (Lipinski definition) is 4. The molecular weight excluding hydrogens is 347 g/mol. The zero-order chi connectivity index (χ0) is 18.6. The van der Waals surface area contributed by atoms with Crippen molar-refractivity contribution >= 4 is 5.91 Å². The number of fused-ring (bicyclic) bond motifs is 1. The molecule has 1 aromatic heterocycles. The van der Waals surface area contributed by atoms with E-state index in [1.165, 1.54) is 23.9 Å². The Hall–Kier alpha value is -2.61. The van der Waals surface area contributed by atoms with E-state index in [-0.39, 0.29) is 23.4 Å². The molecule has 5 nitrogen and oxygen atoms in total. The Morgan fingerprint density at radius 1 is 1.27 bits per heavy atom. The van der Waals surface area contributed by atoms with Crippen LogP contribution in [0.5, 0.6) is 5.88 Å². The van der Waals surface area contributed by atoms with Crippen LogP contribution < -0.4 is 15.4 Å². The van der Waals surface area contributed by atoms with Gasteiger partial charge in [0.2, 0.25) is 5.88 Å². The lowest BCUT2D eigenvalue weighted by molar-refractivity contribution is -0.154. The summed E-state index contributed by atoms with van der Waals surface area (Å²) >= 11 is 0. The summed E-state index contributed by atoms with van der Waals surface area (Å²) in [6.45, 7) is -0.176. The average Bonchev–Trinajstić information content (AvgIpc) is 2.64. The molecule has 1 unspecified atom stereocenters. The van der Waals surface area contributed by atoms with Gasteiger partial charge in [0.25, 0.3) is 5.91 Å². The van der Waals surface area contributed by atoms with Crippen LogP contribution in [-0.2, 0) is 6.42 Å². The van der Waals surface area contributed by atoms with Crippen molar-refractivity contribution in [1.82, 2.24) is 15.6 Å². The third kappa shape index (κ3) is 4.72. The third-order valence-corrected chi connectivity index (χ3v) is 4.06. The predicted octanol–water partition coefficient (Wildman–Crippen LogP) is 2.64. The van der Waals surface area contributed by atoms with Gasteiger partial charge in [-0.2, -0.15) is 13.2 Å². The van der Waals surface area contributed by atoms with E-state index < -0.39 is 12.8 Å². The van der Waals surface area contributed by atoms with Gasteiger partial charge in [-0.1, -0.05) is 24.3 Å². The van der Waals surface area contributed by atoms with Crippen molar-refractivity contribution in [2.24, 2.45) is 0 Å². The Kier molecular flexibility index (Phi) is 5.41. The predicted molar refractivity (Wildman–Crippen MR) is 89.0 cm³/mol. The normalized spacial score (nSPS) is 16.7. The molecule has 0 saturated heterocycles. The Morgan fingerprint density at radius 3 is 2.81 bits per heavy atom. The standard InChI is InChI=1S/C18H18F3N3O2/c19-18(20,21)11-26-16-6-5-13(9-23-16)17(25)24-10-15-14-4-2-1-3-12(14)7-8-22-15/h1-6,9,15,22H,7-8,10-11H2,(H,24,25). The van der Waals surface area contributed by atoms with Gasteiger partial charge in [-0.25, -0.2) is 4.98 Å². The topological polar surface area (TPSA) is 63.2 Å². The number of hydrogen-bond donors (Lipinski definition) is 2. The number of carbonyl (C=O) groups excluding carboxylic acids is 1. The van der Waals surface area contributed by atoms with E-state index in [9.17, 15) is 18.0 Å². The molecule has 1 amide bonds. The summed E-state index contributed by atoms with van der Waals surface area (Å²) in [5, 5.41) is 6.19. The second-order valence-electron chi connectivity index (χ2n) is 5.95. The van der Waals surface area contributed by atoms with Gasteiger partial charge in [-0.05, 0) is 30.2 Å². The van der Waals surface area contributed by atoms with Crippen LogP contribution >= 0.6 is 0 Å². The van der Waals surface area contributed by atoms with Crippen LogP contribution in [-0.4, -0.2) is 36.8 Å². The van der Waals surface area contributed by atoms with Crippen LogP contribution in [0.3, 0.4) is 0 Å². The fourth-order valence-electron chi connectivity index (χ4n) is 2.83. The van der Waals surface area contributed by atoms with Crippen LogP contribution in [0.1, 0.15) is 27.5 Å². The van der Waals surface area contributed by atoms with Gasteiger partial charge in [0.05, 0.1) is 5.56 Å². The quantitative estimate of drug-likeness (QED) is 0.855. The van der Waals surface area contributed by atoms with Crippen LogP contribution in [0, 0.1) is 0 Å². The molecule has 2 aromatic rings. The lowest BCUT2D eigenvalue weighted by Crippen LogP contribution is -2.38. The summed E-state index contributed by atoms with van der Waals surface area (Å²) in [7, 11) is 0. The van der Waals surface area contributed by atoms with Crippen molar-refractivity contribution in [1.29, 1.82) is 0 Å². The van der Waals surface area contributed by atoms with Crippen molar-refractivity contribution in [2.75, 3.05) is 19.7 Å². The Balaban J connectivity index is 1.56. The second kappa shape index (κ2) is 7.74. The highest BCUT2D eigenvalue weighted by Gasteiger charge is 2.28. The molecule has 1 aromatic carbocycles. The minimum atomic E-state index is -4.43. The largest absolute Gasteiger partial charge is 0.468 e. The number of alkyl halides is 3. The van der Waals surface area contributed by atoms with Gasteiger partial charge in [0.15, 0.2) is 6.61 Å². The number of ether oxygens (including phenoxy) is 1. The molecule has 0 fully saturated rings. The highest BCUT2D eigenvalue weighted by molar-refractivity contribution is 5.93. The van der Waals surface area contributed by atoms with Crippen LogP contribution in [0.4, 0.5) is 13.2 Å². The minimum absolute atomic E-state index is 0.0197. The van der Waals surface area contributed by atoms with E-state index in [0.29, 0.717) is 6.54 Å². The molecule has 0 saturated carbocycles. The SMILES string of the molecule is O=C(NCC1NCCc2ccccc21)c1ccc(OCC(F)(F)F)nc1. The van der Waals surface area contributed by atoms with E-state index in [1.807, 2.05) is 18.2 Å². The third-order valence-electron chi connectivity index (χ3n) is 4.06. The average molecular weight is 365 g/mol. The molecule has 2 heterocycles. The summed E-state index contributed by atoms with van der Waals surface area (Å²) in [6.07, 6.45) is -2.28. The first-order valence-electron chi connectivity index (χ1n) is 8.17. The molecule has 1 aliphatic rings. The van der Waals surface area contributed by atoms with Crippen molar-refractivity contribution in [3.05, 3.63) is 59.3 Å². The first kappa shape index (κ1) is 18.2. The molecule has 2 N–H and O–H groups in total. The van der Waals surface area contributed by atoms with Gasteiger partial charge in [0, 0.05) is 24.8 Å². The summed E-state index contributed by atoms with van der Waals surface area (Å²) in [6, 6.07) is 10.7. The van der Waals surface area contributed by atoms with Gasteiger partial charge in [0.1, 0.15) is 0 Å². The molecule has 0 bridgehead atoms. The molecule has 0 spiro atoms. The monoisotopic (exact) mass is 365 g/mol. The molecule has 1 aliphatic heterocycles. The van der Waals surface area contributed by atoms with Gasteiger partial charge in [-0.15, -0.1) is 0 Å². The maximum Gasteiger partial charge on any atom is 0.422 e. The Bertz CT molecular complexity index is 763. The second-order valence-corrected chi connectivity index (χ2v) is 5.95. The Labute approximate surface area is 148 Å². The molecule has 138 valence electrons. The van der Waals surface area contributed by atoms with Crippen molar-refractivity contribution in [2.45, 2.75) is 18.6 Å². The fourth-order valence-corrected chi connectivity index (χ4v) is 2.83. The summed E-state index contributed by atoms with van der Waals surface area (Å²) in [5.41, 5.74) is 2.68. The van der Waals surface area contributed by atoms with Gasteiger partial charge >= 0.3 is 6.18 Å². The summed E-state index contributed by atoms with van der Waals surface area (Å²) in [5.74, 6) is -0.522. The molecular formula is C18H18F3N3O2. The van der Waals surface area contributed by atoms with E-state index in [1.54, 1.807) is 0 Å². The highest BCUT2D eigenvalue weighted by Crippen LogP contribution is 2.22. The lowest BCUT2D eigenvalue weighted by Gasteiger charge is -2.27. The number of pyridine rings is 1. The molecule has 0 aliphatic carbocycles. The maximum atomic E-state index is 12.2. The molecule has 8 heteroatoms. The number of rotatable bonds is 5. The summed E-state index contributed by atoms with van der Waals surface area (Å²) in [4.78, 5) is 16.0. The molecule has 3 rings (SSSR count). The van der Waals surface area contributed by atoms with Crippen LogP contribution in [0.15, 0.2) is 42.6 Å². The fraction of sp³-hybridized carbons (Fsp3) is 0.333. The number of carbonyl (C=O) groups is 1. The number of benzene rings is 1. The van der Waals surface area contributed by atoms with E-state index in [0.717, 1.165) is 18.5 Å². The Morgan fingerprint density at radius 2 is 2.08 bits per heavy atom. The van der Waals surface area contributed by atoms with E-state index >= 15 is 0 Å². The van der Waals surface area contributed by atoms with Gasteiger partial charge in [-0.3, -0.25) is 4.79 Å². The molecule has 26 heavy (non-hydrogen) atoms. The van der Waals surface area contributed by atoms with Crippen LogP contribution in [0.25, 0.3) is 0 Å². The summed E-state index contributed by atoms with van der Waals surface area (Å²) < 4.78 is 40.8. The molecule has 1 atom stereocenters. The van der Waals surface area contributed by atoms with Crippen LogP contribution in [0.2, 0.25) is 0 Å². The zero-order valence-electron chi connectivity index (χ0n) is 13.8. The maximum absolute atomic E-state index is 12.2. The number of halogens is 3. The smallest absolute Gasteiger partial charge is 0.422 e. The number of nitrogens with one attached hydrogen (secondary N) is 2. The van der Waals surface area contributed by atoms with Crippen molar-refractivity contribution < 1.29 is 22.7 Å². The number of aromatic nitrogens is 1. The van der Waals surface area contributed by atoms with Crippen molar-refractivity contribution in [3.8, 4) is 5.88 Å². The minimum Gasteiger partial charge on any atom is -0.468 e. The van der Waals surface area contributed by atoms with Gasteiger partial charge < -0.3 is 15.4 Å². The lowest BCUT2D eigenvalue weighted by atomic mass is 9.94. The van der Waals surface area contributed by atoms with Crippen molar-refractivity contribution in [3.63, 3.8) is 0 Å². The van der Waals surface area contributed by atoms with E-state index in [4.69, 9.17) is 0 Å². The van der Waals surface area contributed by atoms with E-state index in [2.05, 4.69) is 26.4 Å². The zero-order valence-corrected chi connectivity index (χ0v) is 13.8.